The third-order valence-corrected chi connectivity index (χ3v) is 2.42. The van der Waals surface area contributed by atoms with Crippen molar-refractivity contribution in [2.24, 2.45) is 5.73 Å². The number of benzene rings is 1. The van der Waals surface area contributed by atoms with Crippen LogP contribution < -0.4 is 5.73 Å². The fraction of sp³-hybridized carbons (Fsp3) is 0.0833. The third kappa shape index (κ3) is 2.95. The lowest BCUT2D eigenvalue weighted by Crippen LogP contribution is -2.13. The molecule has 1 heterocycles. The summed E-state index contributed by atoms with van der Waals surface area (Å²) in [6, 6.07) is 15.1. The number of hydrogen-bond donors (Lipinski definition) is 1. The maximum atomic E-state index is 6.06. The summed E-state index contributed by atoms with van der Waals surface area (Å²) in [5, 5.41) is 0.471. The fourth-order valence-corrected chi connectivity index (χ4v) is 1.60. The van der Waals surface area contributed by atoms with Gasteiger partial charge in [-0.2, -0.15) is 0 Å². The van der Waals surface area contributed by atoms with Crippen molar-refractivity contribution in [1.82, 2.24) is 4.98 Å². The molecule has 0 amide bonds. The van der Waals surface area contributed by atoms with Crippen molar-refractivity contribution in [2.75, 3.05) is 0 Å². The van der Waals surface area contributed by atoms with Gasteiger partial charge in [0.25, 0.3) is 0 Å². The summed E-state index contributed by atoms with van der Waals surface area (Å²) in [7, 11) is 0. The summed E-state index contributed by atoms with van der Waals surface area (Å²) in [4.78, 5) is 4.19. The molecule has 16 heavy (non-hydrogen) atoms. The van der Waals surface area contributed by atoms with Crippen LogP contribution in [0, 0.1) is 0 Å². The highest BCUT2D eigenvalue weighted by molar-refractivity contribution is 6.29. The molecular weight excluding hydrogens is 243 g/mol. The molecule has 0 radical (unpaired) electrons. The first kappa shape index (κ1) is 13.0. The molecule has 2 rings (SSSR count). The average Bonchev–Trinajstić information content (AvgIpc) is 2.29. The van der Waals surface area contributed by atoms with Gasteiger partial charge in [0.05, 0.1) is 11.7 Å². The van der Waals surface area contributed by atoms with Crippen LogP contribution in [0.1, 0.15) is 17.3 Å². The van der Waals surface area contributed by atoms with E-state index in [1.807, 2.05) is 42.5 Å². The van der Waals surface area contributed by atoms with Crippen molar-refractivity contribution in [1.29, 1.82) is 0 Å². The first-order chi connectivity index (χ1) is 7.27. The zero-order chi connectivity index (χ0) is 10.7. The van der Waals surface area contributed by atoms with Crippen molar-refractivity contribution in [3.05, 3.63) is 64.9 Å². The lowest BCUT2D eigenvalue weighted by molar-refractivity contribution is 0.829. The van der Waals surface area contributed by atoms with E-state index in [0.29, 0.717) is 5.15 Å². The largest absolute Gasteiger partial charge is 0.319 e. The molecule has 0 saturated heterocycles. The number of hydrogen-bond acceptors (Lipinski definition) is 2. The average molecular weight is 255 g/mol. The Balaban J connectivity index is 0.00000128. The van der Waals surface area contributed by atoms with Gasteiger partial charge in [-0.05, 0) is 17.7 Å². The molecule has 4 heteroatoms. The summed E-state index contributed by atoms with van der Waals surface area (Å²) < 4.78 is 0. The molecule has 2 aromatic rings. The predicted octanol–water partition coefficient (Wildman–Crippen LogP) is 3.20. The van der Waals surface area contributed by atoms with Gasteiger partial charge in [0.1, 0.15) is 5.15 Å². The van der Waals surface area contributed by atoms with Crippen molar-refractivity contribution in [3.63, 3.8) is 0 Å². The van der Waals surface area contributed by atoms with E-state index < -0.39 is 0 Å². The lowest BCUT2D eigenvalue weighted by atomic mass is 10.0. The van der Waals surface area contributed by atoms with Gasteiger partial charge >= 0.3 is 0 Å². The molecule has 0 aliphatic heterocycles. The second-order valence-corrected chi connectivity index (χ2v) is 3.66. The van der Waals surface area contributed by atoms with E-state index in [2.05, 4.69) is 4.98 Å². The summed E-state index contributed by atoms with van der Waals surface area (Å²) >= 11 is 5.81. The highest BCUT2D eigenvalue weighted by atomic mass is 35.5. The monoisotopic (exact) mass is 254 g/mol. The van der Waals surface area contributed by atoms with Crippen molar-refractivity contribution in [3.8, 4) is 0 Å². The van der Waals surface area contributed by atoms with Gasteiger partial charge in [-0.25, -0.2) is 4.98 Å². The smallest absolute Gasteiger partial charge is 0.129 e. The molecule has 2 nitrogen and oxygen atoms in total. The van der Waals surface area contributed by atoms with Crippen molar-refractivity contribution >= 4 is 24.0 Å². The van der Waals surface area contributed by atoms with Gasteiger partial charge in [-0.3, -0.25) is 0 Å². The first-order valence-corrected chi connectivity index (χ1v) is 5.08. The highest BCUT2D eigenvalue weighted by Crippen LogP contribution is 2.18. The molecule has 84 valence electrons. The standard InChI is InChI=1S/C12H11ClN2.ClH/c13-11-8-4-7-10(15-11)12(14)9-5-2-1-3-6-9;/h1-8,12H,14H2;1H/t12-;/m0./s1. The molecule has 1 aromatic carbocycles. The second-order valence-electron chi connectivity index (χ2n) is 3.27. The first-order valence-electron chi connectivity index (χ1n) is 4.70. The van der Waals surface area contributed by atoms with Crippen LogP contribution >= 0.6 is 24.0 Å². The minimum atomic E-state index is -0.218. The molecular formula is C12H12Cl2N2. The number of halogens is 2. The lowest BCUT2D eigenvalue weighted by Gasteiger charge is -2.11. The quantitative estimate of drug-likeness (QED) is 0.837. The van der Waals surface area contributed by atoms with E-state index in [-0.39, 0.29) is 18.4 Å². The van der Waals surface area contributed by atoms with Crippen LogP contribution in [0.3, 0.4) is 0 Å². The van der Waals surface area contributed by atoms with E-state index >= 15 is 0 Å². The van der Waals surface area contributed by atoms with Crippen LogP contribution in [0.25, 0.3) is 0 Å². The van der Waals surface area contributed by atoms with Crippen LogP contribution in [0.2, 0.25) is 5.15 Å². The predicted molar refractivity (Wildman–Crippen MR) is 69.0 cm³/mol. The van der Waals surface area contributed by atoms with Crippen LogP contribution in [0.5, 0.6) is 0 Å². The topological polar surface area (TPSA) is 38.9 Å². The number of rotatable bonds is 2. The number of nitrogens with two attached hydrogens (primary N) is 1. The fourth-order valence-electron chi connectivity index (χ4n) is 1.43. The van der Waals surface area contributed by atoms with Gasteiger partial charge in [0.15, 0.2) is 0 Å². The maximum Gasteiger partial charge on any atom is 0.129 e. The Hall–Kier alpha value is -1.09. The normalized spacial score (nSPS) is 11.6. The number of nitrogens with zero attached hydrogens (tertiary/aromatic N) is 1. The number of aromatic nitrogens is 1. The van der Waals surface area contributed by atoms with Crippen LogP contribution in [0.15, 0.2) is 48.5 Å². The molecule has 0 unspecified atom stereocenters. The minimum Gasteiger partial charge on any atom is -0.319 e. The zero-order valence-corrected chi connectivity index (χ0v) is 10.1. The summed E-state index contributed by atoms with van der Waals surface area (Å²) in [5.74, 6) is 0. The Morgan fingerprint density at radius 1 is 1.00 bits per heavy atom. The van der Waals surface area contributed by atoms with Gasteiger partial charge in [0.2, 0.25) is 0 Å². The Morgan fingerprint density at radius 3 is 2.31 bits per heavy atom. The molecule has 0 fully saturated rings. The molecule has 0 aliphatic carbocycles. The molecule has 2 N–H and O–H groups in total. The Morgan fingerprint density at radius 2 is 1.69 bits per heavy atom. The Bertz CT molecular complexity index is 446. The summed E-state index contributed by atoms with van der Waals surface area (Å²) in [5.41, 5.74) is 7.88. The van der Waals surface area contributed by atoms with Crippen LogP contribution in [-0.2, 0) is 0 Å². The van der Waals surface area contributed by atoms with E-state index in [4.69, 9.17) is 17.3 Å². The summed E-state index contributed by atoms with van der Waals surface area (Å²) in [6.45, 7) is 0. The minimum absolute atomic E-state index is 0. The zero-order valence-electron chi connectivity index (χ0n) is 8.51. The van der Waals surface area contributed by atoms with E-state index in [0.717, 1.165) is 11.3 Å². The molecule has 1 aromatic heterocycles. The third-order valence-electron chi connectivity index (χ3n) is 2.21. The van der Waals surface area contributed by atoms with Crippen molar-refractivity contribution in [2.45, 2.75) is 6.04 Å². The Labute approximate surface area is 106 Å². The molecule has 0 aliphatic rings. The number of pyridine rings is 1. The maximum absolute atomic E-state index is 6.06. The van der Waals surface area contributed by atoms with Gasteiger partial charge < -0.3 is 5.73 Å². The SMILES string of the molecule is Cl.N[C@@H](c1ccccc1)c1cccc(Cl)n1. The van der Waals surface area contributed by atoms with Gasteiger partial charge in [-0.15, -0.1) is 12.4 Å². The van der Waals surface area contributed by atoms with E-state index in [9.17, 15) is 0 Å². The molecule has 1 atom stereocenters. The molecule has 0 spiro atoms. The highest BCUT2D eigenvalue weighted by Gasteiger charge is 2.09. The van der Waals surface area contributed by atoms with E-state index in [1.165, 1.54) is 0 Å². The van der Waals surface area contributed by atoms with Crippen LogP contribution in [0.4, 0.5) is 0 Å². The van der Waals surface area contributed by atoms with Gasteiger partial charge in [-0.1, -0.05) is 48.0 Å². The van der Waals surface area contributed by atoms with Gasteiger partial charge in [0, 0.05) is 0 Å². The molecule has 0 saturated carbocycles. The van der Waals surface area contributed by atoms with E-state index in [1.54, 1.807) is 6.07 Å². The summed E-state index contributed by atoms with van der Waals surface area (Å²) in [6.07, 6.45) is 0. The Kier molecular flexibility index (Phi) is 4.74. The second kappa shape index (κ2) is 5.85. The van der Waals surface area contributed by atoms with Crippen LogP contribution in [-0.4, -0.2) is 4.98 Å². The molecule has 0 bridgehead atoms. The van der Waals surface area contributed by atoms with Crippen molar-refractivity contribution < 1.29 is 0 Å².